The summed E-state index contributed by atoms with van der Waals surface area (Å²) in [4.78, 5) is 9.19. The Morgan fingerprint density at radius 1 is 0.853 bits per heavy atom. The molecule has 0 bridgehead atoms. The molecule has 5 nitrogen and oxygen atoms in total. The zero-order valence-electron chi connectivity index (χ0n) is 19.1. The van der Waals surface area contributed by atoms with Crippen molar-refractivity contribution in [3.8, 4) is 28.3 Å². The van der Waals surface area contributed by atoms with Gasteiger partial charge in [0.1, 0.15) is 11.6 Å². The van der Waals surface area contributed by atoms with E-state index in [1.54, 1.807) is 18.3 Å². The number of aromatic nitrogens is 2. The molecular formula is C28H27FN4O. The Labute approximate surface area is 199 Å². The van der Waals surface area contributed by atoms with Crippen LogP contribution in [0.25, 0.3) is 22.5 Å². The van der Waals surface area contributed by atoms with Gasteiger partial charge >= 0.3 is 0 Å². The first kappa shape index (κ1) is 23.1. The Morgan fingerprint density at radius 3 is 2.21 bits per heavy atom. The van der Waals surface area contributed by atoms with Gasteiger partial charge in [-0.2, -0.15) is 5.10 Å². The zero-order valence-corrected chi connectivity index (χ0v) is 19.1. The summed E-state index contributed by atoms with van der Waals surface area (Å²) in [6.07, 6.45) is 5.12. The Morgan fingerprint density at radius 2 is 1.53 bits per heavy atom. The van der Waals surface area contributed by atoms with Gasteiger partial charge in [-0.15, -0.1) is 0 Å². The summed E-state index contributed by atoms with van der Waals surface area (Å²) in [6, 6.07) is 25.7. The van der Waals surface area contributed by atoms with E-state index in [1.807, 2.05) is 60.7 Å². The Bertz CT molecular complexity index is 1210. The number of hydrazone groups is 1. The summed E-state index contributed by atoms with van der Waals surface area (Å²) in [7, 11) is 0. The quantitative estimate of drug-likeness (QED) is 0.160. The molecular weight excluding hydrogens is 427 g/mol. The Kier molecular flexibility index (Phi) is 7.95. The van der Waals surface area contributed by atoms with Gasteiger partial charge < -0.3 is 4.74 Å². The number of anilines is 1. The van der Waals surface area contributed by atoms with Crippen LogP contribution in [0.5, 0.6) is 5.75 Å². The molecule has 0 aliphatic rings. The van der Waals surface area contributed by atoms with Crippen molar-refractivity contribution in [2.24, 2.45) is 5.10 Å². The number of benzene rings is 3. The normalized spacial score (nSPS) is 11.0. The van der Waals surface area contributed by atoms with Gasteiger partial charge in [-0.05, 0) is 66.6 Å². The smallest absolute Gasteiger partial charge is 0.244 e. The maximum Gasteiger partial charge on any atom is 0.244 e. The number of rotatable bonds is 10. The second kappa shape index (κ2) is 11.7. The molecule has 3 aromatic carbocycles. The van der Waals surface area contributed by atoms with Gasteiger partial charge in [-0.25, -0.2) is 19.8 Å². The lowest BCUT2D eigenvalue weighted by molar-refractivity contribution is 0.306. The third-order valence-electron chi connectivity index (χ3n) is 5.21. The summed E-state index contributed by atoms with van der Waals surface area (Å²) >= 11 is 0. The van der Waals surface area contributed by atoms with Gasteiger partial charge in [0.2, 0.25) is 5.95 Å². The van der Waals surface area contributed by atoms with Crippen LogP contribution in [0.15, 0.2) is 90.0 Å². The first-order valence-corrected chi connectivity index (χ1v) is 11.4. The molecule has 34 heavy (non-hydrogen) atoms. The summed E-state index contributed by atoms with van der Waals surface area (Å²) in [6.45, 7) is 2.91. The van der Waals surface area contributed by atoms with Crippen LogP contribution >= 0.6 is 0 Å². The van der Waals surface area contributed by atoms with Crippen LogP contribution in [-0.2, 0) is 0 Å². The molecule has 0 amide bonds. The molecule has 0 radical (unpaired) electrons. The highest BCUT2D eigenvalue weighted by Crippen LogP contribution is 2.25. The standard InChI is InChI=1S/C28H27FN4O/c1-2-3-7-18-34-25-16-10-21(11-17-25)20-30-33-28-31-26(22-8-5-4-6-9-22)19-27(32-28)23-12-14-24(29)15-13-23/h4-6,8-17,19-20H,2-3,7,18H2,1H3,(H,31,32,33). The Hall–Kier alpha value is -4.06. The van der Waals surface area contributed by atoms with Gasteiger partial charge in [-0.3, -0.25) is 0 Å². The minimum atomic E-state index is -0.290. The molecule has 6 heteroatoms. The fraction of sp³-hybridized carbons (Fsp3) is 0.179. The van der Waals surface area contributed by atoms with Crippen LogP contribution in [-0.4, -0.2) is 22.8 Å². The molecule has 1 N–H and O–H groups in total. The molecule has 0 saturated carbocycles. The maximum atomic E-state index is 13.4. The van der Waals surface area contributed by atoms with Crippen molar-refractivity contribution in [1.82, 2.24) is 9.97 Å². The number of halogens is 1. The number of nitrogens with zero attached hydrogens (tertiary/aromatic N) is 3. The number of ether oxygens (including phenoxy) is 1. The van der Waals surface area contributed by atoms with Crippen LogP contribution < -0.4 is 10.2 Å². The molecule has 0 fully saturated rings. The molecule has 0 atom stereocenters. The van der Waals surface area contributed by atoms with Gasteiger partial charge in [0.15, 0.2) is 0 Å². The van der Waals surface area contributed by atoms with E-state index in [9.17, 15) is 4.39 Å². The lowest BCUT2D eigenvalue weighted by Gasteiger charge is -2.08. The summed E-state index contributed by atoms with van der Waals surface area (Å²) < 4.78 is 19.1. The number of hydrogen-bond acceptors (Lipinski definition) is 5. The van der Waals surface area contributed by atoms with Crippen LogP contribution in [0.4, 0.5) is 10.3 Å². The van der Waals surface area contributed by atoms with Crippen molar-refractivity contribution in [2.45, 2.75) is 26.2 Å². The molecule has 0 spiro atoms. The predicted octanol–water partition coefficient (Wildman–Crippen LogP) is 6.96. The minimum absolute atomic E-state index is 0.290. The Balaban J connectivity index is 1.50. The summed E-state index contributed by atoms with van der Waals surface area (Å²) in [5.74, 6) is 0.915. The van der Waals surface area contributed by atoms with Crippen molar-refractivity contribution in [3.05, 3.63) is 96.3 Å². The average molecular weight is 455 g/mol. The molecule has 0 unspecified atom stereocenters. The summed E-state index contributed by atoms with van der Waals surface area (Å²) in [5, 5.41) is 4.31. The predicted molar refractivity (Wildman–Crippen MR) is 136 cm³/mol. The van der Waals surface area contributed by atoms with Gasteiger partial charge in [0.05, 0.1) is 24.2 Å². The minimum Gasteiger partial charge on any atom is -0.494 e. The maximum absolute atomic E-state index is 13.4. The van der Waals surface area contributed by atoms with E-state index in [2.05, 4.69) is 27.4 Å². The number of unbranched alkanes of at least 4 members (excludes halogenated alkanes) is 2. The summed E-state index contributed by atoms with van der Waals surface area (Å²) in [5.41, 5.74) is 7.02. The lowest BCUT2D eigenvalue weighted by atomic mass is 10.1. The average Bonchev–Trinajstić information content (AvgIpc) is 2.88. The van der Waals surface area contributed by atoms with Crippen molar-refractivity contribution in [2.75, 3.05) is 12.0 Å². The third-order valence-corrected chi connectivity index (χ3v) is 5.21. The SMILES string of the molecule is CCCCCOc1ccc(C=NNc2nc(-c3ccccc3)cc(-c3ccc(F)cc3)n2)cc1. The second-order valence-corrected chi connectivity index (χ2v) is 7.83. The second-order valence-electron chi connectivity index (χ2n) is 7.83. The van der Waals surface area contributed by atoms with Gasteiger partial charge in [0.25, 0.3) is 0 Å². The van der Waals surface area contributed by atoms with E-state index in [0.717, 1.165) is 41.2 Å². The zero-order chi connectivity index (χ0) is 23.6. The molecule has 0 aliphatic heterocycles. The third kappa shape index (κ3) is 6.48. The highest BCUT2D eigenvalue weighted by atomic mass is 19.1. The molecule has 0 aliphatic carbocycles. The van der Waals surface area contributed by atoms with E-state index >= 15 is 0 Å². The van der Waals surface area contributed by atoms with E-state index in [0.29, 0.717) is 11.6 Å². The highest BCUT2D eigenvalue weighted by molar-refractivity contribution is 5.80. The molecule has 1 aromatic heterocycles. The van der Waals surface area contributed by atoms with Crippen LogP contribution in [0.1, 0.15) is 31.7 Å². The lowest BCUT2D eigenvalue weighted by Crippen LogP contribution is -2.00. The van der Waals surface area contributed by atoms with Gasteiger partial charge in [0, 0.05) is 11.1 Å². The van der Waals surface area contributed by atoms with E-state index in [-0.39, 0.29) is 5.82 Å². The fourth-order valence-electron chi connectivity index (χ4n) is 3.38. The first-order chi connectivity index (χ1) is 16.7. The van der Waals surface area contributed by atoms with E-state index in [4.69, 9.17) is 4.74 Å². The van der Waals surface area contributed by atoms with Crippen molar-refractivity contribution >= 4 is 12.2 Å². The van der Waals surface area contributed by atoms with Gasteiger partial charge in [-0.1, -0.05) is 50.1 Å². The molecule has 4 rings (SSSR count). The van der Waals surface area contributed by atoms with Crippen molar-refractivity contribution < 1.29 is 9.13 Å². The largest absolute Gasteiger partial charge is 0.494 e. The first-order valence-electron chi connectivity index (χ1n) is 11.4. The topological polar surface area (TPSA) is 59.4 Å². The van der Waals surface area contributed by atoms with Crippen LogP contribution in [0.2, 0.25) is 0 Å². The molecule has 1 heterocycles. The molecule has 172 valence electrons. The van der Waals surface area contributed by atoms with Crippen LogP contribution in [0.3, 0.4) is 0 Å². The fourth-order valence-corrected chi connectivity index (χ4v) is 3.38. The van der Waals surface area contributed by atoms with E-state index < -0.39 is 0 Å². The highest BCUT2D eigenvalue weighted by Gasteiger charge is 2.08. The molecule has 0 saturated heterocycles. The number of nitrogens with one attached hydrogen (secondary N) is 1. The van der Waals surface area contributed by atoms with Crippen molar-refractivity contribution in [1.29, 1.82) is 0 Å². The van der Waals surface area contributed by atoms with Crippen LogP contribution in [0, 0.1) is 5.82 Å². The van der Waals surface area contributed by atoms with Crippen molar-refractivity contribution in [3.63, 3.8) is 0 Å². The number of hydrogen-bond donors (Lipinski definition) is 1. The van der Waals surface area contributed by atoms with E-state index in [1.165, 1.54) is 25.0 Å². The molecule has 4 aromatic rings. The monoisotopic (exact) mass is 454 g/mol.